The zero-order valence-corrected chi connectivity index (χ0v) is 19.9. The maximum Gasteiger partial charge on any atom is 0.255 e. The summed E-state index contributed by atoms with van der Waals surface area (Å²) >= 11 is 7.62. The van der Waals surface area contributed by atoms with Crippen molar-refractivity contribution in [1.29, 1.82) is 0 Å². The van der Waals surface area contributed by atoms with E-state index in [0.29, 0.717) is 37.5 Å². The molecule has 0 bridgehead atoms. The van der Waals surface area contributed by atoms with E-state index in [1.807, 2.05) is 38.1 Å². The number of piperazine rings is 1. The fourth-order valence-corrected chi connectivity index (χ4v) is 5.19. The van der Waals surface area contributed by atoms with E-state index in [9.17, 15) is 14.0 Å². The molecule has 1 aliphatic rings. The minimum atomic E-state index is -0.488. The molecule has 0 spiro atoms. The van der Waals surface area contributed by atoms with Gasteiger partial charge in [-0.3, -0.25) is 9.59 Å². The number of benzene rings is 2. The van der Waals surface area contributed by atoms with Gasteiger partial charge in [0.05, 0.1) is 21.8 Å². The van der Waals surface area contributed by atoms with Gasteiger partial charge in [0.2, 0.25) is 0 Å². The Balaban J connectivity index is 1.41. The van der Waals surface area contributed by atoms with Crippen molar-refractivity contribution in [3.8, 4) is 0 Å². The van der Waals surface area contributed by atoms with E-state index in [1.165, 1.54) is 12.1 Å². The van der Waals surface area contributed by atoms with E-state index in [4.69, 9.17) is 16.1 Å². The number of hydrogen-bond acceptors (Lipinski definition) is 5. The number of carbonyl (C=O) groups excluding carboxylic acids is 2. The van der Waals surface area contributed by atoms with Gasteiger partial charge < -0.3 is 14.3 Å². The summed E-state index contributed by atoms with van der Waals surface area (Å²) in [6.07, 6.45) is 0. The molecule has 2 heterocycles. The standard InChI is InChI=1S/C24H23ClFN3O3S/c1-15-20(16(2)32-27-15)14-33-22-6-4-3-5-19(22)24(31)29-11-9-28(10-12-29)23(30)18-8-7-17(26)13-21(18)25/h3-8,13H,9-12,14H2,1-2H3. The maximum absolute atomic E-state index is 13.3. The van der Waals surface area contributed by atoms with Gasteiger partial charge in [0.15, 0.2) is 0 Å². The van der Waals surface area contributed by atoms with Crippen molar-refractivity contribution in [2.75, 3.05) is 26.2 Å². The summed E-state index contributed by atoms with van der Waals surface area (Å²) in [6, 6.07) is 11.3. The van der Waals surface area contributed by atoms with Crippen LogP contribution in [0.3, 0.4) is 0 Å². The van der Waals surface area contributed by atoms with Gasteiger partial charge in [0.25, 0.3) is 11.8 Å². The van der Waals surface area contributed by atoms with Crippen LogP contribution in [0.5, 0.6) is 0 Å². The SMILES string of the molecule is Cc1noc(C)c1CSc1ccccc1C(=O)N1CCN(C(=O)c2ccc(F)cc2Cl)CC1. The largest absolute Gasteiger partial charge is 0.361 e. The number of aryl methyl sites for hydroxylation is 2. The first-order chi connectivity index (χ1) is 15.8. The van der Waals surface area contributed by atoms with E-state index in [2.05, 4.69) is 5.16 Å². The molecule has 0 N–H and O–H groups in total. The van der Waals surface area contributed by atoms with Crippen molar-refractivity contribution in [3.63, 3.8) is 0 Å². The predicted molar refractivity (Wildman–Crippen MR) is 125 cm³/mol. The second-order valence-electron chi connectivity index (χ2n) is 7.80. The summed E-state index contributed by atoms with van der Waals surface area (Å²) in [5.74, 6) is 0.626. The van der Waals surface area contributed by atoms with Gasteiger partial charge in [-0.05, 0) is 44.2 Å². The molecule has 2 amide bonds. The van der Waals surface area contributed by atoms with Crippen LogP contribution in [0.15, 0.2) is 51.9 Å². The molecule has 1 aromatic heterocycles. The first kappa shape index (κ1) is 23.3. The fraction of sp³-hybridized carbons (Fsp3) is 0.292. The topological polar surface area (TPSA) is 66.7 Å². The monoisotopic (exact) mass is 487 g/mol. The molecule has 3 aromatic rings. The maximum atomic E-state index is 13.3. The van der Waals surface area contributed by atoms with Gasteiger partial charge >= 0.3 is 0 Å². The summed E-state index contributed by atoms with van der Waals surface area (Å²) in [6.45, 7) is 5.37. The van der Waals surface area contributed by atoms with Crippen LogP contribution in [-0.2, 0) is 5.75 Å². The number of thioether (sulfide) groups is 1. The second-order valence-corrected chi connectivity index (χ2v) is 9.22. The first-order valence-electron chi connectivity index (χ1n) is 10.5. The molecular formula is C24H23ClFN3O3S. The molecule has 0 saturated carbocycles. The number of rotatable bonds is 5. The number of halogens is 2. The molecule has 0 atom stereocenters. The number of nitrogens with zero attached hydrogens (tertiary/aromatic N) is 3. The van der Waals surface area contributed by atoms with E-state index < -0.39 is 5.82 Å². The average Bonchev–Trinajstić information content (AvgIpc) is 3.14. The number of hydrogen-bond donors (Lipinski definition) is 0. The molecule has 33 heavy (non-hydrogen) atoms. The predicted octanol–water partition coefficient (Wildman–Crippen LogP) is 4.97. The van der Waals surface area contributed by atoms with Gasteiger partial charge in [-0.2, -0.15) is 0 Å². The molecule has 0 aliphatic carbocycles. The quantitative estimate of drug-likeness (QED) is 0.475. The van der Waals surface area contributed by atoms with E-state index in [-0.39, 0.29) is 22.4 Å². The van der Waals surface area contributed by atoms with Crippen LogP contribution in [-0.4, -0.2) is 52.9 Å². The van der Waals surface area contributed by atoms with Crippen molar-refractivity contribution in [1.82, 2.24) is 15.0 Å². The lowest BCUT2D eigenvalue weighted by molar-refractivity contribution is 0.0533. The minimum absolute atomic E-state index is 0.0659. The Morgan fingerprint density at radius 1 is 1.03 bits per heavy atom. The normalized spacial score (nSPS) is 13.9. The molecule has 6 nitrogen and oxygen atoms in total. The first-order valence-corrected chi connectivity index (χ1v) is 11.9. The van der Waals surface area contributed by atoms with Gasteiger partial charge in [-0.1, -0.05) is 28.9 Å². The lowest BCUT2D eigenvalue weighted by Crippen LogP contribution is -2.50. The smallest absolute Gasteiger partial charge is 0.255 e. The molecular weight excluding hydrogens is 465 g/mol. The Morgan fingerprint density at radius 2 is 1.67 bits per heavy atom. The number of amides is 2. The summed E-state index contributed by atoms with van der Waals surface area (Å²) in [5, 5.41) is 4.08. The Morgan fingerprint density at radius 3 is 2.27 bits per heavy atom. The highest BCUT2D eigenvalue weighted by atomic mass is 35.5. The molecule has 1 aliphatic heterocycles. The minimum Gasteiger partial charge on any atom is -0.361 e. The van der Waals surface area contributed by atoms with Gasteiger partial charge in [0.1, 0.15) is 11.6 Å². The van der Waals surface area contributed by atoms with E-state index >= 15 is 0 Å². The van der Waals surface area contributed by atoms with Crippen molar-refractivity contribution >= 4 is 35.2 Å². The van der Waals surface area contributed by atoms with Crippen LogP contribution in [0.4, 0.5) is 4.39 Å². The van der Waals surface area contributed by atoms with E-state index in [0.717, 1.165) is 28.0 Å². The zero-order chi connectivity index (χ0) is 23.5. The average molecular weight is 488 g/mol. The lowest BCUT2D eigenvalue weighted by atomic mass is 10.1. The summed E-state index contributed by atoms with van der Waals surface area (Å²) in [5.41, 5.74) is 2.79. The highest BCUT2D eigenvalue weighted by molar-refractivity contribution is 7.98. The van der Waals surface area contributed by atoms with Gasteiger partial charge in [-0.15, -0.1) is 11.8 Å². The fourth-order valence-electron chi connectivity index (χ4n) is 3.74. The summed E-state index contributed by atoms with van der Waals surface area (Å²) < 4.78 is 18.5. The third-order valence-corrected chi connectivity index (χ3v) is 7.10. The third kappa shape index (κ3) is 5.07. The molecule has 4 rings (SSSR count). The van der Waals surface area contributed by atoms with Crippen molar-refractivity contribution in [2.45, 2.75) is 24.5 Å². The Kier molecular flexibility index (Phi) is 7.05. The van der Waals surface area contributed by atoms with Crippen molar-refractivity contribution in [3.05, 3.63) is 81.4 Å². The highest BCUT2D eigenvalue weighted by Crippen LogP contribution is 2.30. The number of aromatic nitrogens is 1. The van der Waals surface area contributed by atoms with Gasteiger partial charge in [-0.25, -0.2) is 4.39 Å². The van der Waals surface area contributed by atoms with Crippen molar-refractivity contribution in [2.24, 2.45) is 0 Å². The molecule has 172 valence electrons. The van der Waals surface area contributed by atoms with Crippen molar-refractivity contribution < 1.29 is 18.5 Å². The molecule has 2 aromatic carbocycles. The molecule has 0 unspecified atom stereocenters. The Hall–Kier alpha value is -2.84. The van der Waals surface area contributed by atoms with Crippen LogP contribution in [0.1, 0.15) is 37.7 Å². The van der Waals surface area contributed by atoms with E-state index in [1.54, 1.807) is 21.6 Å². The second kappa shape index (κ2) is 9.97. The highest BCUT2D eigenvalue weighted by Gasteiger charge is 2.27. The lowest BCUT2D eigenvalue weighted by Gasteiger charge is -2.35. The zero-order valence-electron chi connectivity index (χ0n) is 18.3. The molecule has 1 fully saturated rings. The number of carbonyl (C=O) groups is 2. The molecule has 0 radical (unpaired) electrons. The van der Waals surface area contributed by atoms with Crippen LogP contribution >= 0.6 is 23.4 Å². The Bertz CT molecular complexity index is 1170. The van der Waals surface area contributed by atoms with Crippen LogP contribution in [0, 0.1) is 19.7 Å². The van der Waals surface area contributed by atoms with Crippen LogP contribution < -0.4 is 0 Å². The summed E-state index contributed by atoms with van der Waals surface area (Å²) in [7, 11) is 0. The third-order valence-electron chi connectivity index (χ3n) is 5.69. The van der Waals surface area contributed by atoms with Gasteiger partial charge in [0, 0.05) is 42.4 Å². The summed E-state index contributed by atoms with van der Waals surface area (Å²) in [4.78, 5) is 30.3. The molecule has 9 heteroatoms. The Labute approximate surface area is 200 Å². The van der Waals surface area contributed by atoms with Crippen LogP contribution in [0.2, 0.25) is 5.02 Å². The molecule has 1 saturated heterocycles. The van der Waals surface area contributed by atoms with Crippen LogP contribution in [0.25, 0.3) is 0 Å².